The van der Waals surface area contributed by atoms with E-state index < -0.39 is 12.0 Å². The van der Waals surface area contributed by atoms with Gasteiger partial charge in [0.15, 0.2) is 12.4 Å². The normalized spacial score (nSPS) is 15.6. The lowest BCUT2D eigenvalue weighted by Crippen LogP contribution is -2.46. The lowest BCUT2D eigenvalue weighted by molar-refractivity contribution is -0.150. The van der Waals surface area contributed by atoms with Crippen molar-refractivity contribution >= 4 is 11.9 Å². The fourth-order valence-corrected chi connectivity index (χ4v) is 2.38. The number of carbonyl (C=O) groups is 2. The number of aromatic nitrogens is 2. The number of carboxylic acid groups (broad SMARTS) is 1. The van der Waals surface area contributed by atoms with Crippen molar-refractivity contribution < 1.29 is 19.4 Å². The van der Waals surface area contributed by atoms with Gasteiger partial charge in [-0.05, 0) is 33.6 Å². The molecular formula is C14H21N3O4. The molecule has 116 valence electrons. The second kappa shape index (κ2) is 5.75. The topological polar surface area (TPSA) is 84.7 Å². The molecule has 1 amide bonds. The fraction of sp³-hybridized carbons (Fsp3) is 0.643. The second-order valence-corrected chi connectivity index (χ2v) is 5.46. The molecule has 0 bridgehead atoms. The number of rotatable bonds is 6. The molecule has 1 unspecified atom stereocenters. The number of carbonyl (C=O) groups excluding carboxylic acids is 1. The molecule has 1 aliphatic carbocycles. The Bertz CT molecular complexity index is 563. The molecule has 1 fully saturated rings. The first-order chi connectivity index (χ1) is 9.82. The molecular weight excluding hydrogens is 274 g/mol. The van der Waals surface area contributed by atoms with Crippen molar-refractivity contribution in [3.8, 4) is 5.75 Å². The predicted octanol–water partition coefficient (Wildman–Crippen LogP) is 0.880. The van der Waals surface area contributed by atoms with Crippen LogP contribution in [0.25, 0.3) is 0 Å². The van der Waals surface area contributed by atoms with Crippen LogP contribution in [0.5, 0.6) is 5.75 Å². The predicted molar refractivity (Wildman–Crippen MR) is 75.1 cm³/mol. The van der Waals surface area contributed by atoms with Crippen LogP contribution in [-0.2, 0) is 16.6 Å². The molecule has 2 rings (SSSR count). The first kappa shape index (κ1) is 15.3. The molecule has 21 heavy (non-hydrogen) atoms. The van der Waals surface area contributed by atoms with Crippen LogP contribution in [0.15, 0.2) is 0 Å². The first-order valence-electron chi connectivity index (χ1n) is 7.00. The van der Waals surface area contributed by atoms with Crippen molar-refractivity contribution in [3.63, 3.8) is 0 Å². The van der Waals surface area contributed by atoms with Crippen LogP contribution in [0.4, 0.5) is 0 Å². The van der Waals surface area contributed by atoms with Gasteiger partial charge in [0.1, 0.15) is 11.7 Å². The Morgan fingerprint density at radius 2 is 2.10 bits per heavy atom. The molecule has 0 saturated heterocycles. The van der Waals surface area contributed by atoms with Gasteiger partial charge in [0.25, 0.3) is 5.91 Å². The smallest absolute Gasteiger partial charge is 0.326 e. The van der Waals surface area contributed by atoms with Gasteiger partial charge in [-0.15, -0.1) is 0 Å². The van der Waals surface area contributed by atoms with E-state index in [1.807, 2.05) is 13.8 Å². The van der Waals surface area contributed by atoms with Crippen molar-refractivity contribution in [1.82, 2.24) is 14.7 Å². The van der Waals surface area contributed by atoms with E-state index >= 15 is 0 Å². The number of carboxylic acids is 1. The summed E-state index contributed by atoms with van der Waals surface area (Å²) in [5.74, 6) is -0.705. The summed E-state index contributed by atoms with van der Waals surface area (Å²) in [4.78, 5) is 24.8. The summed E-state index contributed by atoms with van der Waals surface area (Å²) in [6.45, 7) is 5.03. The summed E-state index contributed by atoms with van der Waals surface area (Å²) in [6, 6.07) is -0.798. The number of ether oxygens (including phenoxy) is 1. The van der Waals surface area contributed by atoms with Crippen LogP contribution in [0.2, 0.25) is 0 Å². The van der Waals surface area contributed by atoms with Crippen LogP contribution in [0.1, 0.15) is 31.2 Å². The van der Waals surface area contributed by atoms with Crippen molar-refractivity contribution in [2.24, 2.45) is 7.05 Å². The molecule has 1 saturated carbocycles. The summed E-state index contributed by atoms with van der Waals surface area (Å²) in [5.41, 5.74) is 1.55. The standard InChI is InChI=1S/C14H21N3O4/c1-8-13(9(2)16(4)15-8)21-7-12(18)17(11-5-6-11)10(3)14(19)20/h10-11H,5-7H2,1-4H3,(H,19,20). The quantitative estimate of drug-likeness (QED) is 0.842. The van der Waals surface area contributed by atoms with E-state index in [4.69, 9.17) is 9.84 Å². The van der Waals surface area contributed by atoms with E-state index in [2.05, 4.69) is 5.10 Å². The first-order valence-corrected chi connectivity index (χ1v) is 7.00. The van der Waals surface area contributed by atoms with E-state index in [9.17, 15) is 9.59 Å². The zero-order valence-electron chi connectivity index (χ0n) is 12.8. The minimum absolute atomic E-state index is 0.0308. The van der Waals surface area contributed by atoms with Crippen LogP contribution in [0.3, 0.4) is 0 Å². The Hall–Kier alpha value is -2.05. The van der Waals surface area contributed by atoms with Crippen molar-refractivity contribution in [3.05, 3.63) is 11.4 Å². The molecule has 1 heterocycles. The van der Waals surface area contributed by atoms with Gasteiger partial charge in [0, 0.05) is 13.1 Å². The molecule has 1 aliphatic rings. The van der Waals surface area contributed by atoms with Gasteiger partial charge in [-0.3, -0.25) is 9.48 Å². The van der Waals surface area contributed by atoms with Gasteiger partial charge in [0.2, 0.25) is 0 Å². The molecule has 0 spiro atoms. The highest BCUT2D eigenvalue weighted by molar-refractivity contribution is 5.84. The van der Waals surface area contributed by atoms with Gasteiger partial charge in [0.05, 0.1) is 5.69 Å². The molecule has 1 aromatic heterocycles. The van der Waals surface area contributed by atoms with Gasteiger partial charge in [-0.2, -0.15) is 5.10 Å². The third-order valence-corrected chi connectivity index (χ3v) is 3.79. The minimum atomic E-state index is -0.996. The van der Waals surface area contributed by atoms with Gasteiger partial charge in [-0.1, -0.05) is 0 Å². The third-order valence-electron chi connectivity index (χ3n) is 3.79. The summed E-state index contributed by atoms with van der Waals surface area (Å²) in [6.07, 6.45) is 1.71. The molecule has 0 radical (unpaired) electrons. The maximum atomic E-state index is 12.3. The van der Waals surface area contributed by atoms with Crippen LogP contribution in [-0.4, -0.2) is 50.4 Å². The Balaban J connectivity index is 2.04. The van der Waals surface area contributed by atoms with Crippen molar-refractivity contribution in [2.45, 2.75) is 45.7 Å². The van der Waals surface area contributed by atoms with E-state index in [1.54, 1.807) is 11.7 Å². The van der Waals surface area contributed by atoms with Crippen LogP contribution < -0.4 is 4.74 Å². The number of hydrogen-bond donors (Lipinski definition) is 1. The van der Waals surface area contributed by atoms with Gasteiger partial charge >= 0.3 is 5.97 Å². The average Bonchev–Trinajstić information content (AvgIpc) is 3.19. The highest BCUT2D eigenvalue weighted by Gasteiger charge is 2.38. The zero-order chi connectivity index (χ0) is 15.7. The molecule has 1 N–H and O–H groups in total. The highest BCUT2D eigenvalue weighted by Crippen LogP contribution is 2.29. The summed E-state index contributed by atoms with van der Waals surface area (Å²) >= 11 is 0. The van der Waals surface area contributed by atoms with Crippen LogP contribution >= 0.6 is 0 Å². The minimum Gasteiger partial charge on any atom is -0.480 e. The van der Waals surface area contributed by atoms with E-state index in [-0.39, 0.29) is 18.6 Å². The van der Waals surface area contributed by atoms with Crippen molar-refractivity contribution in [1.29, 1.82) is 0 Å². The molecule has 1 atom stereocenters. The summed E-state index contributed by atoms with van der Waals surface area (Å²) in [5, 5.41) is 13.3. The highest BCUT2D eigenvalue weighted by atomic mass is 16.5. The van der Waals surface area contributed by atoms with Crippen molar-refractivity contribution in [2.75, 3.05) is 6.61 Å². The van der Waals surface area contributed by atoms with Gasteiger partial charge in [-0.25, -0.2) is 4.79 Å². The van der Waals surface area contributed by atoms with E-state index in [1.165, 1.54) is 11.8 Å². The molecule has 7 nitrogen and oxygen atoms in total. The number of nitrogens with zero attached hydrogens (tertiary/aromatic N) is 3. The summed E-state index contributed by atoms with van der Waals surface area (Å²) < 4.78 is 7.26. The molecule has 1 aromatic rings. The number of hydrogen-bond acceptors (Lipinski definition) is 4. The Labute approximate surface area is 123 Å². The maximum absolute atomic E-state index is 12.3. The maximum Gasteiger partial charge on any atom is 0.326 e. The zero-order valence-corrected chi connectivity index (χ0v) is 12.8. The summed E-state index contributed by atoms with van der Waals surface area (Å²) in [7, 11) is 1.81. The Kier molecular flexibility index (Phi) is 4.20. The monoisotopic (exact) mass is 295 g/mol. The number of aryl methyl sites for hydroxylation is 2. The lowest BCUT2D eigenvalue weighted by atomic mass is 10.2. The molecule has 0 aromatic carbocycles. The SMILES string of the molecule is Cc1nn(C)c(C)c1OCC(=O)N(C1CC1)C(C)C(=O)O. The Morgan fingerprint density at radius 1 is 1.48 bits per heavy atom. The third kappa shape index (κ3) is 3.17. The second-order valence-electron chi connectivity index (χ2n) is 5.46. The van der Waals surface area contributed by atoms with E-state index in [0.29, 0.717) is 11.4 Å². The average molecular weight is 295 g/mol. The van der Waals surface area contributed by atoms with Crippen LogP contribution in [0, 0.1) is 13.8 Å². The van der Waals surface area contributed by atoms with Gasteiger partial charge < -0.3 is 14.7 Å². The largest absolute Gasteiger partial charge is 0.480 e. The van der Waals surface area contributed by atoms with E-state index in [0.717, 1.165) is 18.5 Å². The molecule has 0 aliphatic heterocycles. The number of amides is 1. The lowest BCUT2D eigenvalue weighted by Gasteiger charge is -2.26. The number of aliphatic carboxylic acids is 1. The Morgan fingerprint density at radius 3 is 2.52 bits per heavy atom. The molecule has 7 heteroatoms. The fourth-order valence-electron chi connectivity index (χ4n) is 2.38.